The maximum atomic E-state index is 13.8. The van der Waals surface area contributed by atoms with E-state index >= 15 is 0 Å². The van der Waals surface area contributed by atoms with Crippen molar-refractivity contribution in [2.24, 2.45) is 0 Å². The zero-order chi connectivity index (χ0) is 36.0. The topological polar surface area (TPSA) is 88.4 Å². The second kappa shape index (κ2) is 15.1. The predicted octanol–water partition coefficient (Wildman–Crippen LogP) is 8.79. The molecule has 2 heterocycles. The first-order valence-corrected chi connectivity index (χ1v) is 14.7. The number of carboxylic acid groups (broad SMARTS) is 1. The van der Waals surface area contributed by atoms with E-state index in [1.807, 2.05) is 0 Å². The first-order chi connectivity index (χ1) is 22.9. The minimum absolute atomic E-state index is 0.0153. The van der Waals surface area contributed by atoms with Gasteiger partial charge in [0.2, 0.25) is 5.95 Å². The van der Waals surface area contributed by atoms with Crippen LogP contribution in [0.25, 0.3) is 11.3 Å². The second-order valence-corrected chi connectivity index (χ2v) is 11.1. The number of nitrogens with zero attached hydrogens (tertiary/aromatic N) is 4. The highest BCUT2D eigenvalue weighted by molar-refractivity contribution is 5.66. The lowest BCUT2D eigenvalue weighted by molar-refractivity contribution is -0.143. The van der Waals surface area contributed by atoms with Gasteiger partial charge in [0.15, 0.2) is 5.75 Å². The summed E-state index contributed by atoms with van der Waals surface area (Å²) in [6.45, 7) is 1.47. The Balaban J connectivity index is 1.67. The van der Waals surface area contributed by atoms with Gasteiger partial charge in [0.25, 0.3) is 0 Å². The summed E-state index contributed by atoms with van der Waals surface area (Å²) in [7, 11) is 0. The maximum absolute atomic E-state index is 13.8. The van der Waals surface area contributed by atoms with Gasteiger partial charge >= 0.3 is 24.5 Å². The summed E-state index contributed by atoms with van der Waals surface area (Å²) >= 11 is 0. The Morgan fingerprint density at radius 1 is 0.796 bits per heavy atom. The highest BCUT2D eigenvalue weighted by Gasteiger charge is 2.37. The number of carboxylic acids is 1. The van der Waals surface area contributed by atoms with Crippen molar-refractivity contribution in [1.29, 1.82) is 0 Å². The van der Waals surface area contributed by atoms with E-state index in [0.29, 0.717) is 23.4 Å². The van der Waals surface area contributed by atoms with Gasteiger partial charge in [-0.1, -0.05) is 6.07 Å². The number of aryl methyl sites for hydroxylation is 2. The van der Waals surface area contributed by atoms with Crippen LogP contribution in [0.2, 0.25) is 0 Å². The SMILES string of the molecule is Cc1ccnc(-c2ccc(C(F)(F)F)cc2CN(CCCc2cc(C(F)(F)F)cc(C(F)(F)F)c2)c2ncc(OCCCC(=O)O)cn2)c1. The molecule has 4 aromatic rings. The van der Waals surface area contributed by atoms with Gasteiger partial charge in [-0.3, -0.25) is 9.78 Å². The average molecular weight is 701 g/mol. The molecule has 49 heavy (non-hydrogen) atoms. The normalized spacial score (nSPS) is 12.2. The number of halogens is 9. The van der Waals surface area contributed by atoms with Gasteiger partial charge < -0.3 is 14.7 Å². The minimum atomic E-state index is -5.03. The van der Waals surface area contributed by atoms with Gasteiger partial charge in [-0.25, -0.2) is 9.97 Å². The number of benzene rings is 2. The number of alkyl halides is 9. The fraction of sp³-hybridized carbons (Fsp3) is 0.333. The molecule has 16 heteroatoms. The van der Waals surface area contributed by atoms with Crippen molar-refractivity contribution in [3.63, 3.8) is 0 Å². The molecule has 4 rings (SSSR count). The Morgan fingerprint density at radius 2 is 1.43 bits per heavy atom. The van der Waals surface area contributed by atoms with Crippen LogP contribution in [0.3, 0.4) is 0 Å². The van der Waals surface area contributed by atoms with Crippen LogP contribution in [0, 0.1) is 6.92 Å². The number of carbonyl (C=O) groups is 1. The molecule has 1 N–H and O–H groups in total. The molecular weight excluding hydrogens is 671 g/mol. The first-order valence-electron chi connectivity index (χ1n) is 14.7. The van der Waals surface area contributed by atoms with Crippen molar-refractivity contribution in [3.8, 4) is 17.0 Å². The van der Waals surface area contributed by atoms with E-state index in [1.165, 1.54) is 29.6 Å². The molecule has 0 fully saturated rings. The number of hydrogen-bond acceptors (Lipinski definition) is 6. The van der Waals surface area contributed by atoms with E-state index < -0.39 is 41.2 Å². The number of anilines is 1. The van der Waals surface area contributed by atoms with Crippen molar-refractivity contribution in [3.05, 3.63) is 101 Å². The molecule has 0 amide bonds. The van der Waals surface area contributed by atoms with Crippen LogP contribution in [-0.4, -0.2) is 39.2 Å². The lowest BCUT2D eigenvalue weighted by Crippen LogP contribution is -2.27. The molecule has 7 nitrogen and oxygen atoms in total. The molecule has 0 spiro atoms. The molecule has 262 valence electrons. The van der Waals surface area contributed by atoms with Gasteiger partial charge in [0.05, 0.1) is 41.4 Å². The van der Waals surface area contributed by atoms with Crippen molar-refractivity contribution < 1.29 is 54.2 Å². The van der Waals surface area contributed by atoms with E-state index in [4.69, 9.17) is 9.84 Å². The van der Waals surface area contributed by atoms with Crippen LogP contribution in [-0.2, 0) is 36.3 Å². The number of ether oxygens (including phenoxy) is 1. The van der Waals surface area contributed by atoms with Crippen LogP contribution in [0.5, 0.6) is 5.75 Å². The number of hydrogen-bond donors (Lipinski definition) is 1. The fourth-order valence-corrected chi connectivity index (χ4v) is 4.89. The molecule has 0 aliphatic heterocycles. The van der Waals surface area contributed by atoms with E-state index in [2.05, 4.69) is 15.0 Å². The molecule has 0 radical (unpaired) electrons. The Morgan fingerprint density at radius 3 is 2.00 bits per heavy atom. The smallest absolute Gasteiger partial charge is 0.416 e. The lowest BCUT2D eigenvalue weighted by atomic mass is 9.99. The van der Waals surface area contributed by atoms with Crippen LogP contribution in [0.1, 0.15) is 52.6 Å². The Kier molecular flexibility index (Phi) is 11.4. The van der Waals surface area contributed by atoms with E-state index in [-0.39, 0.29) is 74.3 Å². The van der Waals surface area contributed by atoms with Gasteiger partial charge in [-0.15, -0.1) is 0 Å². The molecular formula is C33H29F9N4O3. The van der Waals surface area contributed by atoms with Crippen LogP contribution in [0.15, 0.2) is 67.1 Å². The maximum Gasteiger partial charge on any atom is 0.416 e. The largest absolute Gasteiger partial charge is 0.490 e. The summed E-state index contributed by atoms with van der Waals surface area (Å²) < 4.78 is 127. The van der Waals surface area contributed by atoms with E-state index in [1.54, 1.807) is 19.1 Å². The molecule has 0 bridgehead atoms. The molecule has 0 aliphatic carbocycles. The lowest BCUT2D eigenvalue weighted by Gasteiger charge is -2.25. The summed E-state index contributed by atoms with van der Waals surface area (Å²) in [5.74, 6) is -0.861. The summed E-state index contributed by atoms with van der Waals surface area (Å²) in [6, 6.07) is 7.78. The summed E-state index contributed by atoms with van der Waals surface area (Å²) in [5, 5.41) is 8.79. The Hall–Kier alpha value is -4.89. The standard InChI is InChI=1S/C33H29F9N4O3/c1-20-8-9-43-28(12-20)27-7-6-23(31(34,35)36)15-22(27)19-46(30-44-17-26(18-45-30)49-11-3-5-29(47)48)10-2-4-21-13-24(32(37,38)39)16-25(14-21)33(40,41)42/h6-9,12-18H,2-5,10-11,19H2,1H3,(H,47,48). The third-order valence-electron chi connectivity index (χ3n) is 7.23. The third kappa shape index (κ3) is 10.5. The van der Waals surface area contributed by atoms with Crippen molar-refractivity contribution in [2.75, 3.05) is 18.1 Å². The zero-order valence-electron chi connectivity index (χ0n) is 25.8. The minimum Gasteiger partial charge on any atom is -0.490 e. The van der Waals surface area contributed by atoms with Gasteiger partial charge in [0, 0.05) is 31.3 Å². The molecule has 2 aromatic heterocycles. The fourth-order valence-electron chi connectivity index (χ4n) is 4.89. The summed E-state index contributed by atoms with van der Waals surface area (Å²) in [6.07, 6.45) is -11.0. The Labute approximate surface area is 274 Å². The highest BCUT2D eigenvalue weighted by atomic mass is 19.4. The van der Waals surface area contributed by atoms with Crippen LogP contribution < -0.4 is 9.64 Å². The number of pyridine rings is 1. The monoisotopic (exact) mass is 700 g/mol. The van der Waals surface area contributed by atoms with Crippen molar-refractivity contribution >= 4 is 11.9 Å². The number of aliphatic carboxylic acids is 1. The highest BCUT2D eigenvalue weighted by Crippen LogP contribution is 2.37. The quantitative estimate of drug-likeness (QED) is 0.110. The molecule has 0 saturated heterocycles. The molecule has 0 unspecified atom stereocenters. The third-order valence-corrected chi connectivity index (χ3v) is 7.23. The zero-order valence-corrected chi connectivity index (χ0v) is 25.8. The molecule has 2 aromatic carbocycles. The van der Waals surface area contributed by atoms with Gasteiger partial charge in [-0.05, 0) is 85.3 Å². The summed E-state index contributed by atoms with van der Waals surface area (Å²) in [5.41, 5.74) is -2.44. The Bertz CT molecular complexity index is 1710. The predicted molar refractivity (Wildman–Crippen MR) is 160 cm³/mol. The summed E-state index contributed by atoms with van der Waals surface area (Å²) in [4.78, 5) is 24.9. The first kappa shape index (κ1) is 36.9. The van der Waals surface area contributed by atoms with Gasteiger partial charge in [-0.2, -0.15) is 39.5 Å². The number of rotatable bonds is 13. The van der Waals surface area contributed by atoms with E-state index in [0.717, 1.165) is 17.7 Å². The molecule has 0 atom stereocenters. The van der Waals surface area contributed by atoms with Gasteiger partial charge in [0.1, 0.15) is 0 Å². The number of aromatic nitrogens is 3. The van der Waals surface area contributed by atoms with Crippen LogP contribution in [0.4, 0.5) is 45.5 Å². The van der Waals surface area contributed by atoms with E-state index in [9.17, 15) is 44.3 Å². The molecule has 0 aliphatic rings. The second-order valence-electron chi connectivity index (χ2n) is 11.1. The van der Waals surface area contributed by atoms with Crippen LogP contribution >= 0.6 is 0 Å². The molecule has 0 saturated carbocycles. The van der Waals surface area contributed by atoms with Crippen molar-refractivity contribution in [2.45, 2.75) is 57.7 Å². The van der Waals surface area contributed by atoms with Crippen molar-refractivity contribution in [1.82, 2.24) is 15.0 Å². The average Bonchev–Trinajstić information content (AvgIpc) is 3.01.